The molecule has 0 radical (unpaired) electrons. The third kappa shape index (κ3) is 3.96. The summed E-state index contributed by atoms with van der Waals surface area (Å²) >= 11 is 0. The normalized spacial score (nSPS) is 17.6. The van der Waals surface area contributed by atoms with E-state index in [-0.39, 0.29) is 16.9 Å². The summed E-state index contributed by atoms with van der Waals surface area (Å²) in [7, 11) is 2.10. The van der Waals surface area contributed by atoms with Gasteiger partial charge in [0.05, 0.1) is 22.1 Å². The molecule has 0 aliphatic carbocycles. The number of hydrogen-bond donors (Lipinski definition) is 1. The fourth-order valence-electron chi connectivity index (χ4n) is 3.92. The van der Waals surface area contributed by atoms with Crippen molar-refractivity contribution in [2.24, 2.45) is 5.10 Å². The van der Waals surface area contributed by atoms with Crippen molar-refractivity contribution in [2.75, 3.05) is 17.4 Å². The second-order valence-corrected chi connectivity index (χ2v) is 8.33. The van der Waals surface area contributed by atoms with Crippen molar-refractivity contribution in [3.8, 4) is 0 Å². The lowest BCUT2D eigenvalue weighted by Gasteiger charge is -2.45. The van der Waals surface area contributed by atoms with Gasteiger partial charge in [0.15, 0.2) is 0 Å². The minimum absolute atomic E-state index is 0.0743. The van der Waals surface area contributed by atoms with Crippen LogP contribution in [0.5, 0.6) is 0 Å². The Kier molecular flexibility index (Phi) is 5.47. The van der Waals surface area contributed by atoms with Crippen LogP contribution in [0.3, 0.4) is 0 Å². The number of aryl methyl sites for hydroxylation is 1. The first-order valence-corrected chi connectivity index (χ1v) is 9.61. The molecule has 0 aromatic heterocycles. The molecule has 1 atom stereocenters. The number of fused-ring (bicyclic) bond motifs is 1. The fraction of sp³-hybridized carbons (Fsp3) is 0.381. The van der Waals surface area contributed by atoms with Crippen molar-refractivity contribution in [2.45, 2.75) is 45.6 Å². The molecule has 0 spiro atoms. The molecule has 2 aromatic rings. The summed E-state index contributed by atoms with van der Waals surface area (Å²) in [5, 5.41) is 26.3. The van der Waals surface area contributed by atoms with E-state index in [1.54, 1.807) is 6.21 Å². The monoisotopic (exact) mass is 411 g/mol. The average molecular weight is 411 g/mol. The van der Waals surface area contributed by atoms with Crippen molar-refractivity contribution >= 4 is 29.0 Å². The minimum atomic E-state index is -0.672. The van der Waals surface area contributed by atoms with Crippen molar-refractivity contribution in [1.29, 1.82) is 0 Å². The summed E-state index contributed by atoms with van der Waals surface area (Å²) in [5.74, 6) is 0.391. The van der Waals surface area contributed by atoms with Gasteiger partial charge in [-0.15, -0.1) is 0 Å². The molecule has 3 rings (SSSR count). The van der Waals surface area contributed by atoms with E-state index in [0.29, 0.717) is 5.92 Å². The molecule has 0 amide bonds. The van der Waals surface area contributed by atoms with Crippen LogP contribution < -0.4 is 10.3 Å². The van der Waals surface area contributed by atoms with Crippen LogP contribution in [0.4, 0.5) is 22.7 Å². The molecule has 2 aromatic carbocycles. The van der Waals surface area contributed by atoms with Crippen LogP contribution in [0, 0.1) is 27.2 Å². The first kappa shape index (κ1) is 21.2. The SMILES string of the molecule is Cc1cc2c(cc1/C=N\Nc1ccc([N+](=O)[O-])cc1[N+](=O)[O-])[C@H](C)CC(C)(C)N2C. The van der Waals surface area contributed by atoms with Crippen LogP contribution in [0.2, 0.25) is 0 Å². The molecule has 1 N–H and O–H groups in total. The standard InChI is InChI=1S/C21H25N5O4/c1-13-8-19-17(14(2)11-21(3,4)24(19)5)9-15(13)12-22-23-18-7-6-16(25(27)28)10-20(18)26(29)30/h6-10,12,14,23H,11H2,1-5H3/b22-12-/t14-/m1/s1. The van der Waals surface area contributed by atoms with Gasteiger partial charge in [0, 0.05) is 24.3 Å². The number of hydrazone groups is 1. The fourth-order valence-corrected chi connectivity index (χ4v) is 3.92. The predicted molar refractivity (Wildman–Crippen MR) is 118 cm³/mol. The van der Waals surface area contributed by atoms with Gasteiger partial charge in [-0.3, -0.25) is 25.7 Å². The van der Waals surface area contributed by atoms with Gasteiger partial charge in [0.25, 0.3) is 5.69 Å². The van der Waals surface area contributed by atoms with Crippen molar-refractivity contribution in [3.63, 3.8) is 0 Å². The molecule has 1 aliphatic rings. The van der Waals surface area contributed by atoms with Crippen LogP contribution in [-0.2, 0) is 0 Å². The van der Waals surface area contributed by atoms with Crippen molar-refractivity contribution < 1.29 is 9.85 Å². The third-order valence-corrected chi connectivity index (χ3v) is 5.80. The number of nitrogens with one attached hydrogen (secondary N) is 1. The first-order valence-electron chi connectivity index (χ1n) is 9.61. The number of anilines is 2. The number of benzene rings is 2. The lowest BCUT2D eigenvalue weighted by Crippen LogP contribution is -2.45. The van der Waals surface area contributed by atoms with E-state index in [4.69, 9.17) is 0 Å². The summed E-state index contributed by atoms with van der Waals surface area (Å²) in [5.41, 5.74) is 6.45. The van der Waals surface area contributed by atoms with Crippen molar-refractivity contribution in [3.05, 3.63) is 67.3 Å². The van der Waals surface area contributed by atoms with E-state index >= 15 is 0 Å². The van der Waals surface area contributed by atoms with Gasteiger partial charge in [-0.1, -0.05) is 6.92 Å². The average Bonchev–Trinajstić information content (AvgIpc) is 2.66. The Morgan fingerprint density at radius 3 is 2.53 bits per heavy atom. The van der Waals surface area contributed by atoms with E-state index in [9.17, 15) is 20.2 Å². The zero-order valence-electron chi connectivity index (χ0n) is 17.7. The summed E-state index contributed by atoms with van der Waals surface area (Å²) in [6.45, 7) is 8.68. The number of hydrogen-bond acceptors (Lipinski definition) is 7. The van der Waals surface area contributed by atoms with E-state index in [2.05, 4.69) is 55.4 Å². The zero-order valence-corrected chi connectivity index (χ0v) is 17.7. The second-order valence-electron chi connectivity index (χ2n) is 8.33. The molecule has 9 heteroatoms. The van der Waals surface area contributed by atoms with Crippen LogP contribution in [0.1, 0.15) is 49.8 Å². The molecule has 0 saturated heterocycles. The predicted octanol–water partition coefficient (Wildman–Crippen LogP) is 4.98. The van der Waals surface area contributed by atoms with Gasteiger partial charge in [0.1, 0.15) is 5.69 Å². The lowest BCUT2D eigenvalue weighted by molar-refractivity contribution is -0.393. The topological polar surface area (TPSA) is 114 Å². The number of rotatable bonds is 5. The largest absolute Gasteiger partial charge is 0.369 e. The first-order chi connectivity index (χ1) is 14.0. The Bertz CT molecular complexity index is 1050. The number of non-ortho nitro benzene ring substituents is 1. The van der Waals surface area contributed by atoms with E-state index < -0.39 is 15.5 Å². The Hall–Kier alpha value is -3.49. The lowest BCUT2D eigenvalue weighted by atomic mass is 9.79. The molecule has 158 valence electrons. The maximum absolute atomic E-state index is 11.3. The molecule has 0 saturated carbocycles. The highest BCUT2D eigenvalue weighted by atomic mass is 16.6. The van der Waals surface area contributed by atoms with Gasteiger partial charge < -0.3 is 4.90 Å². The quantitative estimate of drug-likeness (QED) is 0.422. The third-order valence-electron chi connectivity index (χ3n) is 5.80. The Morgan fingerprint density at radius 2 is 1.90 bits per heavy atom. The van der Waals surface area contributed by atoms with E-state index in [1.807, 2.05) is 6.92 Å². The maximum atomic E-state index is 11.3. The minimum Gasteiger partial charge on any atom is -0.369 e. The van der Waals surface area contributed by atoms with Crippen molar-refractivity contribution in [1.82, 2.24) is 0 Å². The van der Waals surface area contributed by atoms with Crippen LogP contribution >= 0.6 is 0 Å². The molecule has 0 fully saturated rings. The highest BCUT2D eigenvalue weighted by molar-refractivity contribution is 5.85. The van der Waals surface area contributed by atoms with Crippen LogP contribution in [0.15, 0.2) is 35.4 Å². The summed E-state index contributed by atoms with van der Waals surface area (Å²) in [4.78, 5) is 23.1. The molecule has 9 nitrogen and oxygen atoms in total. The second kappa shape index (κ2) is 7.74. The van der Waals surface area contributed by atoms with Gasteiger partial charge in [-0.2, -0.15) is 5.10 Å². The Balaban J connectivity index is 1.89. The zero-order chi connectivity index (χ0) is 22.2. The number of nitro benzene ring substituents is 2. The molecular formula is C21H25N5O4. The van der Waals surface area contributed by atoms with Crippen LogP contribution in [0.25, 0.3) is 0 Å². The van der Waals surface area contributed by atoms with Gasteiger partial charge >= 0.3 is 5.69 Å². The summed E-state index contributed by atoms with van der Waals surface area (Å²) in [6, 6.07) is 7.65. The molecular weight excluding hydrogens is 386 g/mol. The number of nitro groups is 2. The Labute approximate surface area is 174 Å². The highest BCUT2D eigenvalue weighted by Gasteiger charge is 2.34. The summed E-state index contributed by atoms with van der Waals surface area (Å²) in [6.07, 6.45) is 2.65. The molecule has 0 bridgehead atoms. The molecule has 30 heavy (non-hydrogen) atoms. The van der Waals surface area contributed by atoms with Gasteiger partial charge in [-0.05, 0) is 68.0 Å². The Morgan fingerprint density at radius 1 is 1.20 bits per heavy atom. The maximum Gasteiger partial charge on any atom is 0.301 e. The smallest absolute Gasteiger partial charge is 0.301 e. The van der Waals surface area contributed by atoms with E-state index in [1.165, 1.54) is 23.4 Å². The van der Waals surface area contributed by atoms with Crippen LogP contribution in [-0.4, -0.2) is 28.6 Å². The van der Waals surface area contributed by atoms with Gasteiger partial charge in [0.2, 0.25) is 0 Å². The summed E-state index contributed by atoms with van der Waals surface area (Å²) < 4.78 is 0. The van der Waals surface area contributed by atoms with Gasteiger partial charge in [-0.25, -0.2) is 0 Å². The molecule has 0 unspecified atom stereocenters. The molecule has 1 aliphatic heterocycles. The number of nitrogens with zero attached hydrogens (tertiary/aromatic N) is 4. The highest BCUT2D eigenvalue weighted by Crippen LogP contribution is 2.43. The molecule has 1 heterocycles. The van der Waals surface area contributed by atoms with E-state index in [0.717, 1.165) is 23.6 Å².